The van der Waals surface area contributed by atoms with Gasteiger partial charge >= 0.3 is 0 Å². The molecule has 100 valence electrons. The molecule has 0 aliphatic carbocycles. The molecule has 0 radical (unpaired) electrons. The monoisotopic (exact) mass is 289 g/mol. The van der Waals surface area contributed by atoms with Gasteiger partial charge in [-0.05, 0) is 19.4 Å². The van der Waals surface area contributed by atoms with E-state index in [2.05, 4.69) is 15.3 Å². The van der Waals surface area contributed by atoms with Crippen molar-refractivity contribution in [3.05, 3.63) is 17.5 Å². The maximum Gasteiger partial charge on any atom is 0.223 e. The fourth-order valence-electron chi connectivity index (χ4n) is 1.25. The Hall–Kier alpha value is -1.32. The lowest BCUT2D eigenvalue weighted by Gasteiger charge is -2.07. The van der Waals surface area contributed by atoms with Crippen molar-refractivity contribution in [2.45, 2.75) is 13.3 Å². The van der Waals surface area contributed by atoms with Crippen LogP contribution < -0.4 is 16.2 Å². The number of nitrogens with two attached hydrogens (primary N) is 2. The van der Waals surface area contributed by atoms with Crippen LogP contribution in [0, 0.1) is 6.92 Å². The molecule has 0 aromatic carbocycles. The van der Waals surface area contributed by atoms with Crippen molar-refractivity contribution in [3.63, 3.8) is 0 Å². The van der Waals surface area contributed by atoms with Gasteiger partial charge in [0.05, 0.1) is 5.75 Å². The number of hydrogen-bond acceptors (Lipinski definition) is 6. The standard InChI is InChI=1S/C9H15N5O2S2/c1-6-5-7(8(10)17)14-9(13-6)12-3-2-4-18(11,15)16/h5H,2-4H2,1H3,(H2,10,17)(H2,11,15,16)(H,12,13,14). The molecule has 0 fully saturated rings. The third-order valence-electron chi connectivity index (χ3n) is 2.00. The predicted octanol–water partition coefficient (Wildman–Crippen LogP) is -0.490. The van der Waals surface area contributed by atoms with Gasteiger partial charge in [0.25, 0.3) is 0 Å². The number of nitrogens with zero attached hydrogens (tertiary/aromatic N) is 2. The van der Waals surface area contributed by atoms with Crippen molar-refractivity contribution >= 4 is 33.2 Å². The van der Waals surface area contributed by atoms with Gasteiger partial charge in [0.2, 0.25) is 16.0 Å². The summed E-state index contributed by atoms with van der Waals surface area (Å²) in [5, 5.41) is 7.78. The van der Waals surface area contributed by atoms with Gasteiger partial charge in [0.15, 0.2) is 0 Å². The van der Waals surface area contributed by atoms with Gasteiger partial charge in [-0.25, -0.2) is 23.5 Å². The number of aryl methyl sites for hydroxylation is 1. The number of nitrogens with one attached hydrogen (secondary N) is 1. The third-order valence-corrected chi connectivity index (χ3v) is 3.06. The average Bonchev–Trinajstić information content (AvgIpc) is 2.22. The second kappa shape index (κ2) is 6.03. The lowest BCUT2D eigenvalue weighted by molar-refractivity contribution is 0.595. The van der Waals surface area contributed by atoms with E-state index in [-0.39, 0.29) is 10.7 Å². The Kier molecular flexibility index (Phi) is 4.93. The molecule has 0 saturated heterocycles. The first kappa shape index (κ1) is 14.7. The molecule has 0 amide bonds. The highest BCUT2D eigenvalue weighted by atomic mass is 32.2. The Morgan fingerprint density at radius 2 is 2.17 bits per heavy atom. The molecule has 1 aromatic rings. The number of hydrogen-bond donors (Lipinski definition) is 3. The van der Waals surface area contributed by atoms with Crippen LogP contribution in [0.4, 0.5) is 5.95 Å². The highest BCUT2D eigenvalue weighted by Crippen LogP contribution is 2.05. The first-order chi connectivity index (χ1) is 8.28. The topological polar surface area (TPSA) is 124 Å². The van der Waals surface area contributed by atoms with Crippen molar-refractivity contribution in [2.75, 3.05) is 17.6 Å². The zero-order valence-electron chi connectivity index (χ0n) is 9.88. The molecule has 1 heterocycles. The first-order valence-electron chi connectivity index (χ1n) is 5.18. The Labute approximate surface area is 111 Å². The van der Waals surface area contributed by atoms with Crippen molar-refractivity contribution in [1.29, 1.82) is 0 Å². The van der Waals surface area contributed by atoms with E-state index in [4.69, 9.17) is 23.1 Å². The molecule has 7 nitrogen and oxygen atoms in total. The summed E-state index contributed by atoms with van der Waals surface area (Å²) in [6.45, 7) is 2.19. The number of aromatic nitrogens is 2. The zero-order valence-corrected chi connectivity index (χ0v) is 11.5. The number of thiocarbonyl (C=S) groups is 1. The Morgan fingerprint density at radius 1 is 1.50 bits per heavy atom. The minimum Gasteiger partial charge on any atom is -0.388 e. The summed E-state index contributed by atoms with van der Waals surface area (Å²) < 4.78 is 21.5. The van der Waals surface area contributed by atoms with E-state index < -0.39 is 10.0 Å². The summed E-state index contributed by atoms with van der Waals surface area (Å²) in [5.74, 6) is 0.278. The Balaban J connectivity index is 2.60. The van der Waals surface area contributed by atoms with Crippen LogP contribution in [-0.2, 0) is 10.0 Å². The van der Waals surface area contributed by atoms with E-state index >= 15 is 0 Å². The van der Waals surface area contributed by atoms with Crippen LogP contribution in [0.3, 0.4) is 0 Å². The molecule has 1 aromatic heterocycles. The number of rotatable bonds is 6. The van der Waals surface area contributed by atoms with Gasteiger partial charge in [-0.1, -0.05) is 12.2 Å². The minimum absolute atomic E-state index is 0.0893. The van der Waals surface area contributed by atoms with E-state index in [0.717, 1.165) is 5.69 Å². The van der Waals surface area contributed by atoms with Crippen molar-refractivity contribution in [3.8, 4) is 0 Å². The maximum atomic E-state index is 10.7. The Bertz CT molecular complexity index is 544. The van der Waals surface area contributed by atoms with Gasteiger partial charge in [0.1, 0.15) is 10.7 Å². The predicted molar refractivity (Wildman–Crippen MR) is 73.7 cm³/mol. The molecule has 0 unspecified atom stereocenters. The summed E-state index contributed by atoms with van der Waals surface area (Å²) in [6.07, 6.45) is 0.374. The van der Waals surface area contributed by atoms with E-state index in [9.17, 15) is 8.42 Å². The summed E-state index contributed by atoms with van der Waals surface area (Å²) >= 11 is 4.83. The second-order valence-electron chi connectivity index (χ2n) is 3.73. The summed E-state index contributed by atoms with van der Waals surface area (Å²) in [4.78, 5) is 8.42. The quantitative estimate of drug-likeness (QED) is 0.477. The number of anilines is 1. The van der Waals surface area contributed by atoms with E-state index in [1.807, 2.05) is 0 Å². The highest BCUT2D eigenvalue weighted by molar-refractivity contribution is 7.89. The Morgan fingerprint density at radius 3 is 2.72 bits per heavy atom. The van der Waals surface area contributed by atoms with Crippen molar-refractivity contribution < 1.29 is 8.42 Å². The smallest absolute Gasteiger partial charge is 0.223 e. The molecule has 0 atom stereocenters. The van der Waals surface area contributed by atoms with Gasteiger partial charge < -0.3 is 11.1 Å². The molecule has 18 heavy (non-hydrogen) atoms. The van der Waals surface area contributed by atoms with Gasteiger partial charge in [0, 0.05) is 12.2 Å². The van der Waals surface area contributed by atoms with Crippen LogP contribution >= 0.6 is 12.2 Å². The third kappa shape index (κ3) is 5.34. The molecule has 0 aliphatic rings. The summed E-state index contributed by atoms with van der Waals surface area (Å²) in [6, 6.07) is 1.68. The van der Waals surface area contributed by atoms with Crippen LogP contribution in [0.2, 0.25) is 0 Å². The molecule has 0 saturated carbocycles. The lowest BCUT2D eigenvalue weighted by Crippen LogP contribution is -2.19. The van der Waals surface area contributed by atoms with Crippen molar-refractivity contribution in [1.82, 2.24) is 9.97 Å². The van der Waals surface area contributed by atoms with Gasteiger partial charge in [-0.2, -0.15) is 0 Å². The van der Waals surface area contributed by atoms with Crippen LogP contribution in [0.1, 0.15) is 17.8 Å². The lowest BCUT2D eigenvalue weighted by atomic mass is 10.3. The SMILES string of the molecule is Cc1cc(C(N)=S)nc(NCCCS(N)(=O)=O)n1. The number of sulfonamides is 1. The zero-order chi connectivity index (χ0) is 13.8. The summed E-state index contributed by atoms with van der Waals surface area (Å²) in [7, 11) is -3.43. The van der Waals surface area contributed by atoms with Crippen molar-refractivity contribution in [2.24, 2.45) is 10.9 Å². The minimum atomic E-state index is -3.43. The number of primary sulfonamides is 1. The normalized spacial score (nSPS) is 11.2. The van der Waals surface area contributed by atoms with E-state index in [1.165, 1.54) is 0 Å². The average molecular weight is 289 g/mol. The summed E-state index contributed by atoms with van der Waals surface area (Å²) in [5.41, 5.74) is 6.68. The molecule has 0 aliphatic heterocycles. The van der Waals surface area contributed by atoms with E-state index in [1.54, 1.807) is 13.0 Å². The molecule has 5 N–H and O–H groups in total. The van der Waals surface area contributed by atoms with Crippen LogP contribution in [0.25, 0.3) is 0 Å². The molecule has 0 spiro atoms. The largest absolute Gasteiger partial charge is 0.388 e. The molecular formula is C9H15N5O2S2. The van der Waals surface area contributed by atoms with E-state index in [0.29, 0.717) is 24.6 Å². The first-order valence-corrected chi connectivity index (χ1v) is 7.30. The fourth-order valence-corrected chi connectivity index (χ4v) is 1.90. The van der Waals surface area contributed by atoms with Crippen LogP contribution in [-0.4, -0.2) is 35.7 Å². The van der Waals surface area contributed by atoms with Gasteiger partial charge in [-0.15, -0.1) is 0 Å². The van der Waals surface area contributed by atoms with Crippen LogP contribution in [0.5, 0.6) is 0 Å². The molecule has 0 bridgehead atoms. The molecular weight excluding hydrogens is 274 g/mol. The molecule has 1 rings (SSSR count). The fraction of sp³-hybridized carbons (Fsp3) is 0.444. The van der Waals surface area contributed by atoms with Gasteiger partial charge in [-0.3, -0.25) is 0 Å². The highest BCUT2D eigenvalue weighted by Gasteiger charge is 2.05. The molecule has 9 heteroatoms. The maximum absolute atomic E-state index is 10.7. The van der Waals surface area contributed by atoms with Crippen LogP contribution in [0.15, 0.2) is 6.07 Å². The second-order valence-corrected chi connectivity index (χ2v) is 5.90.